The normalized spacial score (nSPS) is 21.1. The number of amides is 1. The Morgan fingerprint density at radius 3 is 2.72 bits per heavy atom. The van der Waals surface area contributed by atoms with Gasteiger partial charge in [0.05, 0.1) is 24.8 Å². The van der Waals surface area contributed by atoms with Crippen LogP contribution in [0.15, 0.2) is 42.6 Å². The van der Waals surface area contributed by atoms with E-state index in [2.05, 4.69) is 15.6 Å². The van der Waals surface area contributed by atoms with Gasteiger partial charge in [0.15, 0.2) is 0 Å². The number of pyridine rings is 1. The van der Waals surface area contributed by atoms with E-state index in [1.807, 2.05) is 43.3 Å². The van der Waals surface area contributed by atoms with Gasteiger partial charge in [-0.1, -0.05) is 30.3 Å². The topological polar surface area (TPSA) is 94.5 Å². The lowest BCUT2D eigenvalue weighted by Gasteiger charge is -2.20. The summed E-state index contributed by atoms with van der Waals surface area (Å²) in [6, 6.07) is 10.8. The van der Waals surface area contributed by atoms with Crippen molar-refractivity contribution in [2.45, 2.75) is 31.5 Å². The Hall–Kier alpha value is -2.28. The van der Waals surface area contributed by atoms with E-state index in [9.17, 15) is 15.0 Å². The minimum atomic E-state index is -0.495. The quantitative estimate of drug-likeness (QED) is 0.649. The van der Waals surface area contributed by atoms with Crippen LogP contribution in [0.25, 0.3) is 11.1 Å². The van der Waals surface area contributed by atoms with Crippen molar-refractivity contribution in [3.8, 4) is 11.1 Å². The van der Waals surface area contributed by atoms with E-state index in [0.29, 0.717) is 13.0 Å². The zero-order valence-corrected chi connectivity index (χ0v) is 14.1. The molecular weight excluding hydrogens is 318 g/mol. The molecule has 1 fully saturated rings. The SMILES string of the molecule is Cc1ncccc1-c1ccc([C@H](CO)NC(=O)[C@@H]2C[C@@H](O)CN2)cc1. The molecule has 0 aliphatic carbocycles. The number of hydrogen-bond acceptors (Lipinski definition) is 5. The maximum atomic E-state index is 12.3. The summed E-state index contributed by atoms with van der Waals surface area (Å²) in [4.78, 5) is 16.6. The van der Waals surface area contributed by atoms with Crippen molar-refractivity contribution >= 4 is 5.91 Å². The number of carbonyl (C=O) groups is 1. The molecule has 132 valence electrons. The van der Waals surface area contributed by atoms with Crippen molar-refractivity contribution in [3.05, 3.63) is 53.9 Å². The van der Waals surface area contributed by atoms with E-state index < -0.39 is 18.2 Å². The number of rotatable bonds is 5. The highest BCUT2D eigenvalue weighted by atomic mass is 16.3. The third-order valence-corrected chi connectivity index (χ3v) is 4.55. The molecule has 0 saturated carbocycles. The number of carbonyl (C=O) groups excluding carboxylic acids is 1. The molecule has 2 heterocycles. The van der Waals surface area contributed by atoms with E-state index in [4.69, 9.17) is 0 Å². The molecule has 25 heavy (non-hydrogen) atoms. The minimum absolute atomic E-state index is 0.188. The van der Waals surface area contributed by atoms with Gasteiger partial charge in [-0.05, 0) is 30.5 Å². The van der Waals surface area contributed by atoms with Crippen LogP contribution in [0.2, 0.25) is 0 Å². The smallest absolute Gasteiger partial charge is 0.237 e. The molecule has 1 aromatic carbocycles. The molecule has 0 unspecified atom stereocenters. The van der Waals surface area contributed by atoms with Crippen LogP contribution in [0.4, 0.5) is 0 Å². The average molecular weight is 341 g/mol. The predicted octanol–water partition coefficient (Wildman–Crippen LogP) is 0.929. The van der Waals surface area contributed by atoms with Gasteiger partial charge in [0.1, 0.15) is 0 Å². The zero-order valence-electron chi connectivity index (χ0n) is 14.1. The first kappa shape index (κ1) is 17.5. The lowest BCUT2D eigenvalue weighted by atomic mass is 10.00. The van der Waals surface area contributed by atoms with Gasteiger partial charge in [-0.25, -0.2) is 0 Å². The number of aromatic nitrogens is 1. The van der Waals surface area contributed by atoms with E-state index in [-0.39, 0.29) is 12.5 Å². The van der Waals surface area contributed by atoms with Crippen molar-refractivity contribution in [3.63, 3.8) is 0 Å². The highest BCUT2D eigenvalue weighted by Gasteiger charge is 2.29. The monoisotopic (exact) mass is 341 g/mol. The summed E-state index contributed by atoms with van der Waals surface area (Å²) in [6.45, 7) is 2.19. The van der Waals surface area contributed by atoms with Crippen LogP contribution in [-0.2, 0) is 4.79 Å². The van der Waals surface area contributed by atoms with Crippen molar-refractivity contribution < 1.29 is 15.0 Å². The second kappa shape index (κ2) is 7.74. The van der Waals surface area contributed by atoms with Gasteiger partial charge in [0.2, 0.25) is 5.91 Å². The Labute approximate surface area is 146 Å². The van der Waals surface area contributed by atoms with Gasteiger partial charge in [0, 0.05) is 24.0 Å². The fourth-order valence-electron chi connectivity index (χ4n) is 3.11. The second-order valence-corrected chi connectivity index (χ2v) is 6.35. The Kier molecular flexibility index (Phi) is 5.43. The molecule has 6 nitrogen and oxygen atoms in total. The van der Waals surface area contributed by atoms with Gasteiger partial charge in [-0.15, -0.1) is 0 Å². The molecule has 3 atom stereocenters. The van der Waals surface area contributed by atoms with Crippen LogP contribution < -0.4 is 10.6 Å². The number of β-amino-alcohol motifs (C(OH)–C–C–N with tert-alkyl or cyclic N) is 1. The van der Waals surface area contributed by atoms with Crippen LogP contribution in [0, 0.1) is 6.92 Å². The van der Waals surface area contributed by atoms with Crippen molar-refractivity contribution in [2.75, 3.05) is 13.2 Å². The van der Waals surface area contributed by atoms with Crippen LogP contribution in [0.3, 0.4) is 0 Å². The molecule has 1 aliphatic heterocycles. The maximum Gasteiger partial charge on any atom is 0.237 e. The summed E-state index contributed by atoms with van der Waals surface area (Å²) < 4.78 is 0. The van der Waals surface area contributed by atoms with Gasteiger partial charge in [-0.2, -0.15) is 0 Å². The lowest BCUT2D eigenvalue weighted by molar-refractivity contribution is -0.124. The Bertz CT molecular complexity index is 733. The summed E-state index contributed by atoms with van der Waals surface area (Å²) in [5.74, 6) is -0.206. The van der Waals surface area contributed by atoms with Crippen LogP contribution in [0.1, 0.15) is 23.7 Å². The van der Waals surface area contributed by atoms with Gasteiger partial charge >= 0.3 is 0 Å². The van der Waals surface area contributed by atoms with Gasteiger partial charge in [0.25, 0.3) is 0 Å². The first-order valence-electron chi connectivity index (χ1n) is 8.43. The number of hydrogen-bond donors (Lipinski definition) is 4. The number of nitrogens with one attached hydrogen (secondary N) is 2. The Morgan fingerprint density at radius 1 is 1.36 bits per heavy atom. The molecule has 0 spiro atoms. The highest BCUT2D eigenvalue weighted by molar-refractivity contribution is 5.82. The Balaban J connectivity index is 1.71. The number of aliphatic hydroxyl groups is 2. The second-order valence-electron chi connectivity index (χ2n) is 6.35. The summed E-state index contributed by atoms with van der Waals surface area (Å²) in [5, 5.41) is 25.0. The summed E-state index contributed by atoms with van der Waals surface area (Å²) >= 11 is 0. The predicted molar refractivity (Wildman–Crippen MR) is 94.8 cm³/mol. The molecule has 1 saturated heterocycles. The molecule has 1 amide bonds. The Morgan fingerprint density at radius 2 is 2.12 bits per heavy atom. The fourth-order valence-corrected chi connectivity index (χ4v) is 3.11. The first-order valence-corrected chi connectivity index (χ1v) is 8.43. The minimum Gasteiger partial charge on any atom is -0.394 e. The molecule has 0 radical (unpaired) electrons. The van der Waals surface area contributed by atoms with Crippen LogP contribution in [0.5, 0.6) is 0 Å². The molecule has 2 aromatic rings. The van der Waals surface area contributed by atoms with Crippen LogP contribution in [-0.4, -0.2) is 46.4 Å². The van der Waals surface area contributed by atoms with Crippen molar-refractivity contribution in [1.82, 2.24) is 15.6 Å². The van der Waals surface area contributed by atoms with Gasteiger partial charge in [-0.3, -0.25) is 9.78 Å². The lowest BCUT2D eigenvalue weighted by Crippen LogP contribution is -2.42. The van der Waals surface area contributed by atoms with Gasteiger partial charge < -0.3 is 20.8 Å². The van der Waals surface area contributed by atoms with Crippen molar-refractivity contribution in [1.29, 1.82) is 0 Å². The molecule has 1 aromatic heterocycles. The van der Waals surface area contributed by atoms with E-state index in [0.717, 1.165) is 22.4 Å². The number of nitrogens with zero attached hydrogens (tertiary/aromatic N) is 1. The summed E-state index contributed by atoms with van der Waals surface area (Å²) in [5.41, 5.74) is 3.88. The first-order chi connectivity index (χ1) is 12.1. The largest absolute Gasteiger partial charge is 0.394 e. The fraction of sp³-hybridized carbons (Fsp3) is 0.368. The van der Waals surface area contributed by atoms with E-state index in [1.54, 1.807) is 6.20 Å². The number of benzene rings is 1. The standard InChI is InChI=1S/C19H23N3O3/c1-12-16(3-2-8-20-12)13-4-6-14(7-5-13)18(11-23)22-19(25)17-9-15(24)10-21-17/h2-8,15,17-18,21,23-24H,9-11H2,1H3,(H,22,25)/t15-,17+,18+/m1/s1. The molecule has 1 aliphatic rings. The summed E-state index contributed by atoms with van der Waals surface area (Å²) in [6.07, 6.45) is 1.66. The molecule has 6 heteroatoms. The van der Waals surface area contributed by atoms with Crippen molar-refractivity contribution in [2.24, 2.45) is 0 Å². The third-order valence-electron chi connectivity index (χ3n) is 4.55. The molecule has 4 N–H and O–H groups in total. The molecule has 0 bridgehead atoms. The molecule has 3 rings (SSSR count). The third kappa shape index (κ3) is 4.04. The highest BCUT2D eigenvalue weighted by Crippen LogP contribution is 2.24. The maximum absolute atomic E-state index is 12.3. The van der Waals surface area contributed by atoms with Crippen LogP contribution >= 0.6 is 0 Å². The molecular formula is C19H23N3O3. The number of aryl methyl sites for hydroxylation is 1. The zero-order chi connectivity index (χ0) is 17.8. The summed E-state index contributed by atoms with van der Waals surface area (Å²) in [7, 11) is 0. The van der Waals surface area contributed by atoms with E-state index >= 15 is 0 Å². The number of aliphatic hydroxyl groups excluding tert-OH is 2. The van der Waals surface area contributed by atoms with E-state index in [1.165, 1.54) is 0 Å². The average Bonchev–Trinajstić information content (AvgIpc) is 3.07.